The van der Waals surface area contributed by atoms with Crippen molar-refractivity contribution < 1.29 is 0 Å². The van der Waals surface area contributed by atoms with E-state index in [1.807, 2.05) is 6.07 Å². The lowest BCUT2D eigenvalue weighted by Gasteiger charge is -2.20. The van der Waals surface area contributed by atoms with E-state index in [4.69, 9.17) is 9.98 Å². The number of rotatable bonds is 9. The Morgan fingerprint density at radius 2 is 1.36 bits per heavy atom. The maximum atomic E-state index is 5.53. The standard InChI is InChI=1S/C53H43N3/c1-36-19-13-14-26-44(36)50-48(35-37(2)54-49-30-18-17-27-45(49)38(3)39-31-33-41(34-32-39)40-20-7-4-8-21-40)46-28-15-16-29-47(46)51-52(50)56(43-24-11-6-12-25-43)53(55-51)42-22-9-5-10-23-42/h4,6-9,11-34H,3,5,10,35H2,1-2H3. The zero-order valence-corrected chi connectivity index (χ0v) is 31.9. The summed E-state index contributed by atoms with van der Waals surface area (Å²) < 4.78 is 2.39. The average molecular weight is 722 g/mol. The Morgan fingerprint density at radius 3 is 2.11 bits per heavy atom. The smallest absolute Gasteiger partial charge is 0.145 e. The van der Waals surface area contributed by atoms with Crippen molar-refractivity contribution in [2.45, 2.75) is 33.1 Å². The van der Waals surface area contributed by atoms with Crippen LogP contribution in [0.1, 0.15) is 47.8 Å². The molecule has 0 spiro atoms. The summed E-state index contributed by atoms with van der Waals surface area (Å²) in [5.41, 5.74) is 16.6. The van der Waals surface area contributed by atoms with Gasteiger partial charge in [0.15, 0.2) is 0 Å². The SMILES string of the molecule is C=C(c1ccc(-c2ccccc2)cc1)c1ccccc1N=C(C)Cc1c(-c2ccccc2C)c2c(nc(C3=CCCC=C3)n2-c2ccccc2)c2ccccc12. The maximum absolute atomic E-state index is 5.53. The summed E-state index contributed by atoms with van der Waals surface area (Å²) in [6, 6.07) is 55.8. The number of imidazole rings is 1. The summed E-state index contributed by atoms with van der Waals surface area (Å²) in [5, 5.41) is 2.34. The molecule has 0 fully saturated rings. The van der Waals surface area contributed by atoms with Crippen LogP contribution in [0.2, 0.25) is 0 Å². The highest BCUT2D eigenvalue weighted by atomic mass is 15.1. The number of aromatic nitrogens is 2. The van der Waals surface area contributed by atoms with Crippen LogP contribution in [0.15, 0.2) is 188 Å². The first-order chi connectivity index (χ1) is 27.5. The lowest BCUT2D eigenvalue weighted by molar-refractivity contribution is 1.01. The summed E-state index contributed by atoms with van der Waals surface area (Å²) in [6.07, 6.45) is 9.54. The van der Waals surface area contributed by atoms with E-state index in [0.717, 1.165) is 74.4 Å². The molecule has 56 heavy (non-hydrogen) atoms. The van der Waals surface area contributed by atoms with Gasteiger partial charge in [-0.2, -0.15) is 0 Å². The Kier molecular flexibility index (Phi) is 9.42. The zero-order chi connectivity index (χ0) is 38.0. The van der Waals surface area contributed by atoms with Gasteiger partial charge in [0.25, 0.3) is 0 Å². The fraction of sp³-hybridized carbons (Fsp3) is 0.0943. The van der Waals surface area contributed by atoms with Gasteiger partial charge in [-0.05, 0) is 89.2 Å². The fourth-order valence-electron chi connectivity index (χ4n) is 8.17. The molecule has 1 heterocycles. The molecule has 9 rings (SSSR count). The molecule has 0 atom stereocenters. The summed E-state index contributed by atoms with van der Waals surface area (Å²) in [4.78, 5) is 10.9. The highest BCUT2D eigenvalue weighted by molar-refractivity contribution is 6.16. The van der Waals surface area contributed by atoms with Gasteiger partial charge in [0.2, 0.25) is 0 Å². The van der Waals surface area contributed by atoms with Crippen LogP contribution in [0.25, 0.3) is 60.9 Å². The van der Waals surface area contributed by atoms with Gasteiger partial charge in [0.05, 0.1) is 16.7 Å². The highest BCUT2D eigenvalue weighted by Crippen LogP contribution is 2.43. The number of hydrogen-bond donors (Lipinski definition) is 0. The van der Waals surface area contributed by atoms with Crippen molar-refractivity contribution in [2.75, 3.05) is 0 Å². The van der Waals surface area contributed by atoms with Crippen LogP contribution in [0.5, 0.6) is 0 Å². The Labute approximate surface area is 329 Å². The average Bonchev–Trinajstić information content (AvgIpc) is 3.66. The van der Waals surface area contributed by atoms with Crippen molar-refractivity contribution in [1.29, 1.82) is 0 Å². The number of benzene rings is 7. The molecular formula is C53H43N3. The largest absolute Gasteiger partial charge is 0.292 e. The molecule has 1 aliphatic carbocycles. The maximum Gasteiger partial charge on any atom is 0.145 e. The number of aryl methyl sites for hydroxylation is 1. The minimum atomic E-state index is 0.657. The van der Waals surface area contributed by atoms with E-state index in [-0.39, 0.29) is 0 Å². The third kappa shape index (κ3) is 6.52. The summed E-state index contributed by atoms with van der Waals surface area (Å²) in [5.74, 6) is 0.967. The van der Waals surface area contributed by atoms with Crippen LogP contribution in [0.4, 0.5) is 5.69 Å². The second-order valence-electron chi connectivity index (χ2n) is 14.6. The molecule has 0 unspecified atom stereocenters. The first kappa shape index (κ1) is 34.9. The molecule has 0 saturated carbocycles. The third-order valence-corrected chi connectivity index (χ3v) is 10.9. The van der Waals surface area contributed by atoms with Crippen LogP contribution < -0.4 is 0 Å². The molecule has 270 valence electrons. The number of para-hydroxylation sites is 2. The van der Waals surface area contributed by atoms with E-state index in [9.17, 15) is 0 Å². The molecule has 8 aromatic rings. The number of hydrogen-bond acceptors (Lipinski definition) is 2. The second kappa shape index (κ2) is 15.1. The van der Waals surface area contributed by atoms with Crippen molar-refractivity contribution >= 4 is 44.4 Å². The quantitative estimate of drug-likeness (QED) is 0.137. The topological polar surface area (TPSA) is 30.2 Å². The lowest BCUT2D eigenvalue weighted by atomic mass is 9.87. The number of aliphatic imine (C=N–C) groups is 1. The molecule has 1 aliphatic rings. The minimum Gasteiger partial charge on any atom is -0.292 e. The summed E-state index contributed by atoms with van der Waals surface area (Å²) in [7, 11) is 0. The van der Waals surface area contributed by atoms with Crippen molar-refractivity contribution in [2.24, 2.45) is 4.99 Å². The van der Waals surface area contributed by atoms with Crippen molar-refractivity contribution in [3.05, 3.63) is 211 Å². The molecule has 0 saturated heterocycles. The highest BCUT2D eigenvalue weighted by Gasteiger charge is 2.26. The van der Waals surface area contributed by atoms with E-state index in [2.05, 4.69) is 195 Å². The molecular weight excluding hydrogens is 679 g/mol. The van der Waals surface area contributed by atoms with Gasteiger partial charge in [-0.25, -0.2) is 4.98 Å². The zero-order valence-electron chi connectivity index (χ0n) is 31.9. The van der Waals surface area contributed by atoms with E-state index < -0.39 is 0 Å². The first-order valence-corrected chi connectivity index (χ1v) is 19.5. The monoisotopic (exact) mass is 721 g/mol. The molecule has 0 N–H and O–H groups in total. The number of fused-ring (bicyclic) bond motifs is 3. The van der Waals surface area contributed by atoms with E-state index in [0.29, 0.717) is 6.42 Å². The summed E-state index contributed by atoms with van der Waals surface area (Å²) >= 11 is 0. The Balaban J connectivity index is 1.22. The lowest BCUT2D eigenvalue weighted by Crippen LogP contribution is -2.06. The van der Waals surface area contributed by atoms with Gasteiger partial charge in [0.1, 0.15) is 5.82 Å². The molecule has 1 aromatic heterocycles. The Hall–Kier alpha value is -6.84. The fourth-order valence-corrected chi connectivity index (χ4v) is 8.17. The Morgan fingerprint density at radius 1 is 0.696 bits per heavy atom. The third-order valence-electron chi connectivity index (χ3n) is 10.9. The molecule has 3 nitrogen and oxygen atoms in total. The van der Waals surface area contributed by atoms with Crippen LogP contribution >= 0.6 is 0 Å². The predicted molar refractivity (Wildman–Crippen MR) is 238 cm³/mol. The van der Waals surface area contributed by atoms with Gasteiger partial charge < -0.3 is 0 Å². The van der Waals surface area contributed by atoms with Gasteiger partial charge in [-0.3, -0.25) is 9.56 Å². The van der Waals surface area contributed by atoms with Crippen LogP contribution in [-0.2, 0) is 6.42 Å². The molecule has 0 bridgehead atoms. The normalized spacial score (nSPS) is 13.0. The van der Waals surface area contributed by atoms with Crippen LogP contribution in [0, 0.1) is 6.92 Å². The number of nitrogens with zero attached hydrogens (tertiary/aromatic N) is 3. The van der Waals surface area contributed by atoms with Crippen LogP contribution in [-0.4, -0.2) is 15.3 Å². The van der Waals surface area contributed by atoms with Gasteiger partial charge >= 0.3 is 0 Å². The molecule has 7 aromatic carbocycles. The van der Waals surface area contributed by atoms with E-state index >= 15 is 0 Å². The number of allylic oxidation sites excluding steroid dienone is 4. The van der Waals surface area contributed by atoms with Crippen LogP contribution in [0.3, 0.4) is 0 Å². The van der Waals surface area contributed by atoms with E-state index in [1.165, 1.54) is 38.8 Å². The first-order valence-electron chi connectivity index (χ1n) is 19.5. The predicted octanol–water partition coefficient (Wildman–Crippen LogP) is 14.0. The van der Waals surface area contributed by atoms with Gasteiger partial charge in [-0.15, -0.1) is 0 Å². The minimum absolute atomic E-state index is 0.657. The van der Waals surface area contributed by atoms with Gasteiger partial charge in [-0.1, -0.05) is 164 Å². The summed E-state index contributed by atoms with van der Waals surface area (Å²) in [6.45, 7) is 8.95. The molecule has 0 amide bonds. The molecule has 3 heteroatoms. The molecule has 0 aliphatic heterocycles. The molecule has 0 radical (unpaired) electrons. The second-order valence-corrected chi connectivity index (χ2v) is 14.6. The van der Waals surface area contributed by atoms with Gasteiger partial charge in [0, 0.05) is 39.9 Å². The van der Waals surface area contributed by atoms with E-state index in [1.54, 1.807) is 0 Å². The van der Waals surface area contributed by atoms with Crippen molar-refractivity contribution in [3.63, 3.8) is 0 Å². The van der Waals surface area contributed by atoms with Crippen molar-refractivity contribution in [3.8, 4) is 27.9 Å². The van der Waals surface area contributed by atoms with Crippen molar-refractivity contribution in [1.82, 2.24) is 9.55 Å². The Bertz CT molecular complexity index is 2830.